The lowest BCUT2D eigenvalue weighted by atomic mass is 10.2. The van der Waals surface area contributed by atoms with E-state index in [0.29, 0.717) is 0 Å². The zero-order chi connectivity index (χ0) is 7.84. The van der Waals surface area contributed by atoms with Crippen molar-refractivity contribution < 1.29 is 0 Å². The van der Waals surface area contributed by atoms with Crippen molar-refractivity contribution in [1.82, 2.24) is 4.68 Å². The Morgan fingerprint density at radius 1 is 1.45 bits per heavy atom. The van der Waals surface area contributed by atoms with Gasteiger partial charge in [0.2, 0.25) is 0 Å². The highest BCUT2D eigenvalue weighted by molar-refractivity contribution is 14.2. The van der Waals surface area contributed by atoms with Gasteiger partial charge < -0.3 is 0 Å². The van der Waals surface area contributed by atoms with Crippen LogP contribution in [0.2, 0.25) is 0 Å². The second-order valence-electron chi connectivity index (χ2n) is 2.66. The molecule has 0 unspecified atom stereocenters. The number of aryl methyl sites for hydroxylation is 1. The predicted octanol–water partition coefficient (Wildman–Crippen LogP) is 3.09. The number of hydrogen-bond donors (Lipinski definition) is 0. The number of nitrogens with zero attached hydrogens (tertiary/aromatic N) is 2. The number of hydrogen-bond acceptors (Lipinski definition) is 1. The van der Waals surface area contributed by atoms with Gasteiger partial charge in [-0.25, -0.2) is 4.68 Å². The first-order valence-corrected chi connectivity index (χ1v) is 5.69. The summed E-state index contributed by atoms with van der Waals surface area (Å²) in [5, 5.41) is 0. The molecule has 0 amide bonds. The lowest BCUT2D eigenvalue weighted by Crippen LogP contribution is -1.94. The van der Waals surface area contributed by atoms with Gasteiger partial charge in [0.1, 0.15) is 0 Å². The molecule has 2 heterocycles. The van der Waals surface area contributed by atoms with Crippen LogP contribution in [0.3, 0.4) is 0 Å². The Morgan fingerprint density at radius 3 is 3.00 bits per heavy atom. The Bertz CT molecular complexity index is 347. The van der Waals surface area contributed by atoms with E-state index in [9.17, 15) is 0 Å². The largest absolute Gasteiger partial charge is 0.236 e. The topological polar surface area (TPSA) is 17.3 Å². The van der Waals surface area contributed by atoms with Gasteiger partial charge >= 0.3 is 0 Å². The van der Waals surface area contributed by atoms with Crippen molar-refractivity contribution >= 4 is 26.6 Å². The molecule has 0 bridgehead atoms. The van der Waals surface area contributed by atoms with E-state index < -0.39 is 0 Å². The Balaban J connectivity index is 2.71. The minimum absolute atomic E-state index is 0.0752. The summed E-state index contributed by atoms with van der Waals surface area (Å²) in [6.45, 7) is 4.29. The molecule has 0 radical (unpaired) electrons. The zero-order valence-electron chi connectivity index (χ0n) is 6.50. The summed E-state index contributed by atoms with van der Waals surface area (Å²) in [5.74, 6) is 0. The van der Waals surface area contributed by atoms with E-state index in [1.54, 1.807) is 0 Å². The van der Waals surface area contributed by atoms with E-state index in [4.69, 9.17) is 0 Å². The number of fused-ring (bicyclic) bond motifs is 1. The summed E-state index contributed by atoms with van der Waals surface area (Å²) in [6, 6.07) is 2.12. The third kappa shape index (κ3) is 1.07. The lowest BCUT2D eigenvalue weighted by molar-refractivity contribution is 0.897. The quantitative estimate of drug-likeness (QED) is 0.638. The average Bonchev–Trinajstić information content (AvgIpc) is 2.34. The van der Waals surface area contributed by atoms with Gasteiger partial charge in [-0.15, -0.1) is 3.25 Å². The maximum atomic E-state index is 4.41. The summed E-state index contributed by atoms with van der Waals surface area (Å²) < 4.78 is 8.69. The van der Waals surface area contributed by atoms with Gasteiger partial charge in [-0.05, 0) is 35.1 Å². The van der Waals surface area contributed by atoms with Crippen molar-refractivity contribution in [1.29, 1.82) is 0 Å². The Labute approximate surface area is 76.0 Å². The van der Waals surface area contributed by atoms with Crippen molar-refractivity contribution in [3.63, 3.8) is 0 Å². The van der Waals surface area contributed by atoms with E-state index in [1.165, 1.54) is 16.8 Å². The van der Waals surface area contributed by atoms with Crippen LogP contribution in [0.5, 0.6) is 0 Å². The van der Waals surface area contributed by atoms with E-state index in [2.05, 4.69) is 27.3 Å². The zero-order valence-corrected chi connectivity index (χ0v) is 8.66. The van der Waals surface area contributed by atoms with Crippen LogP contribution in [0.4, 0.5) is 0 Å². The van der Waals surface area contributed by atoms with Crippen LogP contribution in [0.1, 0.15) is 18.2 Å². The van der Waals surface area contributed by atoms with Gasteiger partial charge in [-0.1, -0.05) is 0 Å². The van der Waals surface area contributed by atoms with Crippen molar-refractivity contribution in [2.75, 3.05) is 0 Å². The standard InChI is InChI=1S/C8H9IN2/c1-6-3-4-11-8(6)7(2)5-9-10-11/h3-5H,1-2H3. The maximum absolute atomic E-state index is 4.41. The molecule has 2 rings (SSSR count). The molecule has 1 aromatic rings. The second kappa shape index (κ2) is 2.55. The summed E-state index contributed by atoms with van der Waals surface area (Å²) >= 11 is -0.0752. The van der Waals surface area contributed by atoms with Crippen LogP contribution in [0, 0.1) is 6.92 Å². The Morgan fingerprint density at radius 2 is 2.27 bits per heavy atom. The normalized spacial score (nSPS) is 15.3. The minimum Gasteiger partial charge on any atom is -0.236 e. The molecule has 0 atom stereocenters. The first kappa shape index (κ1) is 7.21. The molecule has 0 N–H and O–H groups in total. The third-order valence-corrected chi connectivity index (χ3v) is 3.71. The molecule has 2 nitrogen and oxygen atoms in total. The molecule has 1 aromatic heterocycles. The number of rotatable bonds is 0. The SMILES string of the molecule is CC1=CI=Nn2ccc(C)c21. The molecule has 0 aliphatic carbocycles. The molecular formula is C8H9IN2. The van der Waals surface area contributed by atoms with Gasteiger partial charge in [0.15, 0.2) is 0 Å². The molecular weight excluding hydrogens is 251 g/mol. The van der Waals surface area contributed by atoms with Gasteiger partial charge in [0.05, 0.1) is 5.69 Å². The van der Waals surface area contributed by atoms with Crippen LogP contribution < -0.4 is 0 Å². The third-order valence-electron chi connectivity index (χ3n) is 1.78. The van der Waals surface area contributed by atoms with Crippen LogP contribution in [-0.2, 0) is 0 Å². The molecule has 1 aliphatic rings. The maximum Gasteiger partial charge on any atom is 0.0713 e. The van der Waals surface area contributed by atoms with E-state index in [-0.39, 0.29) is 21.0 Å². The minimum atomic E-state index is -0.0752. The van der Waals surface area contributed by atoms with Crippen molar-refractivity contribution in [2.24, 2.45) is 3.25 Å². The lowest BCUT2D eigenvalue weighted by Gasteiger charge is -2.07. The highest BCUT2D eigenvalue weighted by atomic mass is 127. The fourth-order valence-electron chi connectivity index (χ4n) is 1.26. The summed E-state index contributed by atoms with van der Waals surface area (Å²) in [6.07, 6.45) is 2.04. The molecule has 0 saturated carbocycles. The molecule has 3 heteroatoms. The van der Waals surface area contributed by atoms with Crippen molar-refractivity contribution in [3.8, 4) is 0 Å². The molecule has 58 valence electrons. The van der Waals surface area contributed by atoms with Gasteiger partial charge in [-0.3, -0.25) is 0 Å². The average molecular weight is 260 g/mol. The number of aromatic nitrogens is 1. The summed E-state index contributed by atoms with van der Waals surface area (Å²) in [4.78, 5) is 0. The summed E-state index contributed by atoms with van der Waals surface area (Å²) in [7, 11) is 0. The van der Waals surface area contributed by atoms with Crippen LogP contribution in [0.15, 0.2) is 19.6 Å². The molecule has 0 saturated heterocycles. The van der Waals surface area contributed by atoms with E-state index in [0.717, 1.165) is 0 Å². The second-order valence-corrected chi connectivity index (χ2v) is 4.27. The van der Waals surface area contributed by atoms with Crippen molar-refractivity contribution in [2.45, 2.75) is 13.8 Å². The molecule has 11 heavy (non-hydrogen) atoms. The Kier molecular flexibility index (Phi) is 1.67. The van der Waals surface area contributed by atoms with Crippen LogP contribution in [-0.4, -0.2) is 4.68 Å². The van der Waals surface area contributed by atoms with Gasteiger partial charge in [0, 0.05) is 27.2 Å². The molecule has 0 spiro atoms. The molecule has 1 aliphatic heterocycles. The summed E-state index contributed by atoms with van der Waals surface area (Å²) in [5.41, 5.74) is 4.00. The monoisotopic (exact) mass is 260 g/mol. The highest BCUT2D eigenvalue weighted by Crippen LogP contribution is 2.27. The fraction of sp³-hybridized carbons (Fsp3) is 0.250. The van der Waals surface area contributed by atoms with Gasteiger partial charge in [0.25, 0.3) is 0 Å². The smallest absolute Gasteiger partial charge is 0.0713 e. The molecule has 0 aromatic carbocycles. The predicted molar refractivity (Wildman–Crippen MR) is 54.7 cm³/mol. The number of halogens is 1. The fourth-order valence-corrected chi connectivity index (χ4v) is 2.73. The Hall–Kier alpha value is -0.450. The first-order valence-electron chi connectivity index (χ1n) is 3.48. The highest BCUT2D eigenvalue weighted by Gasteiger charge is 2.08. The molecule has 0 fully saturated rings. The van der Waals surface area contributed by atoms with Crippen molar-refractivity contribution in [3.05, 3.63) is 27.6 Å². The van der Waals surface area contributed by atoms with E-state index in [1.807, 2.05) is 10.9 Å². The first-order chi connectivity index (χ1) is 5.29. The van der Waals surface area contributed by atoms with Gasteiger partial charge in [-0.2, -0.15) is 0 Å². The van der Waals surface area contributed by atoms with Crippen LogP contribution in [0.25, 0.3) is 5.57 Å². The van der Waals surface area contributed by atoms with Crippen LogP contribution >= 0.6 is 21.0 Å². The van der Waals surface area contributed by atoms with E-state index >= 15 is 0 Å². The number of allylic oxidation sites excluding steroid dienone is 1.